The van der Waals surface area contributed by atoms with E-state index in [4.69, 9.17) is 11.1 Å². The van der Waals surface area contributed by atoms with Gasteiger partial charge < -0.3 is 5.73 Å². The fraction of sp³-hybridized carbons (Fsp3) is 0. The van der Waals surface area contributed by atoms with Crippen molar-refractivity contribution in [1.29, 1.82) is 5.41 Å². The fourth-order valence-electron chi connectivity index (χ4n) is 0.522. The number of nitrogens with two attached hydrogens (primary N) is 1. The number of aromatic nitrogens is 1. The van der Waals surface area contributed by atoms with Crippen molar-refractivity contribution in [3.8, 4) is 0 Å². The first-order valence-electron chi connectivity index (χ1n) is 3.06. The largest absolute Gasteiger partial charge is 0.382 e. The van der Waals surface area contributed by atoms with Gasteiger partial charge in [0, 0.05) is 6.20 Å². The maximum absolute atomic E-state index is 6.95. The highest BCUT2D eigenvalue weighted by atomic mass is 14.8. The minimum Gasteiger partial charge on any atom is -0.382 e. The van der Waals surface area contributed by atoms with Gasteiger partial charge in [-0.15, -0.1) is 13.2 Å². The molecular formula is C8H11N3. The van der Waals surface area contributed by atoms with Gasteiger partial charge in [-0.25, -0.2) is 0 Å². The van der Waals surface area contributed by atoms with Crippen molar-refractivity contribution in [3.63, 3.8) is 0 Å². The normalized spacial score (nSPS) is 7.64. The lowest BCUT2D eigenvalue weighted by Crippen LogP contribution is -2.12. The zero-order valence-corrected chi connectivity index (χ0v) is 6.25. The van der Waals surface area contributed by atoms with Gasteiger partial charge in [-0.3, -0.25) is 10.4 Å². The van der Waals surface area contributed by atoms with Crippen molar-refractivity contribution in [2.24, 2.45) is 5.73 Å². The van der Waals surface area contributed by atoms with Crippen LogP contribution in [-0.4, -0.2) is 10.8 Å². The first kappa shape index (κ1) is 9.36. The van der Waals surface area contributed by atoms with E-state index >= 15 is 0 Å². The predicted molar refractivity (Wildman–Crippen MR) is 46.5 cm³/mol. The van der Waals surface area contributed by atoms with Gasteiger partial charge in [-0.1, -0.05) is 6.07 Å². The van der Waals surface area contributed by atoms with Gasteiger partial charge in [0.1, 0.15) is 11.5 Å². The predicted octanol–water partition coefficient (Wildman–Crippen LogP) is 1.17. The van der Waals surface area contributed by atoms with Crippen LogP contribution in [0.2, 0.25) is 0 Å². The van der Waals surface area contributed by atoms with E-state index in [0.29, 0.717) is 5.69 Å². The zero-order chi connectivity index (χ0) is 8.69. The van der Waals surface area contributed by atoms with E-state index in [1.165, 1.54) is 0 Å². The van der Waals surface area contributed by atoms with Crippen molar-refractivity contribution in [2.75, 3.05) is 0 Å². The molecule has 0 aliphatic carbocycles. The number of pyridine rings is 1. The van der Waals surface area contributed by atoms with Crippen LogP contribution < -0.4 is 5.73 Å². The second-order valence-corrected chi connectivity index (χ2v) is 1.63. The molecule has 1 aromatic heterocycles. The second-order valence-electron chi connectivity index (χ2n) is 1.63. The van der Waals surface area contributed by atoms with Crippen LogP contribution in [0.15, 0.2) is 37.6 Å². The lowest BCUT2D eigenvalue weighted by atomic mass is 10.3. The SMILES string of the molecule is C=C.N=C(N)c1ccccn1. The molecule has 0 atom stereocenters. The summed E-state index contributed by atoms with van der Waals surface area (Å²) in [4.78, 5) is 3.83. The average Bonchev–Trinajstić information content (AvgIpc) is 2.10. The molecule has 0 radical (unpaired) electrons. The summed E-state index contributed by atoms with van der Waals surface area (Å²) in [5.41, 5.74) is 5.66. The van der Waals surface area contributed by atoms with E-state index in [1.807, 2.05) is 0 Å². The first-order valence-corrected chi connectivity index (χ1v) is 3.06. The van der Waals surface area contributed by atoms with Crippen LogP contribution in [0.25, 0.3) is 0 Å². The zero-order valence-electron chi connectivity index (χ0n) is 6.25. The number of nitrogens with one attached hydrogen (secondary N) is 1. The van der Waals surface area contributed by atoms with E-state index in [0.717, 1.165) is 0 Å². The molecule has 0 aliphatic heterocycles. The van der Waals surface area contributed by atoms with Crippen LogP contribution in [0.1, 0.15) is 5.69 Å². The Balaban J connectivity index is 0.000000461. The summed E-state index contributed by atoms with van der Waals surface area (Å²) in [6.45, 7) is 6.00. The molecule has 0 aliphatic rings. The quantitative estimate of drug-likeness (QED) is 0.357. The third-order valence-electron chi connectivity index (χ3n) is 0.941. The Morgan fingerprint density at radius 1 is 1.45 bits per heavy atom. The Hall–Kier alpha value is -1.64. The topological polar surface area (TPSA) is 62.8 Å². The molecule has 58 valence electrons. The Bertz CT molecular complexity index is 218. The fourth-order valence-corrected chi connectivity index (χ4v) is 0.522. The number of hydrogen-bond acceptors (Lipinski definition) is 2. The minimum atomic E-state index is 0.00981. The lowest BCUT2D eigenvalue weighted by molar-refractivity contribution is 1.26. The van der Waals surface area contributed by atoms with Gasteiger partial charge in [-0.2, -0.15) is 0 Å². The van der Waals surface area contributed by atoms with Gasteiger partial charge in [0.15, 0.2) is 0 Å². The Morgan fingerprint density at radius 3 is 2.36 bits per heavy atom. The Morgan fingerprint density at radius 2 is 2.09 bits per heavy atom. The van der Waals surface area contributed by atoms with Crippen LogP contribution >= 0.6 is 0 Å². The van der Waals surface area contributed by atoms with E-state index in [1.54, 1.807) is 24.4 Å². The van der Waals surface area contributed by atoms with Crippen LogP contribution in [-0.2, 0) is 0 Å². The highest BCUT2D eigenvalue weighted by Crippen LogP contribution is 1.88. The summed E-state index contributed by atoms with van der Waals surface area (Å²) < 4.78 is 0. The van der Waals surface area contributed by atoms with Gasteiger partial charge in [-0.05, 0) is 12.1 Å². The van der Waals surface area contributed by atoms with Crippen molar-refractivity contribution < 1.29 is 0 Å². The third-order valence-corrected chi connectivity index (χ3v) is 0.941. The molecule has 0 bridgehead atoms. The molecule has 1 aromatic rings. The van der Waals surface area contributed by atoms with Gasteiger partial charge in [0.2, 0.25) is 0 Å². The standard InChI is InChI=1S/C6H7N3.C2H4/c7-6(8)5-3-1-2-4-9-5;1-2/h1-4H,(H3,7,8);1-2H2. The molecule has 0 spiro atoms. The van der Waals surface area contributed by atoms with Gasteiger partial charge in [0.05, 0.1) is 0 Å². The molecule has 0 unspecified atom stereocenters. The van der Waals surface area contributed by atoms with E-state index in [-0.39, 0.29) is 5.84 Å². The maximum Gasteiger partial charge on any atom is 0.141 e. The molecule has 1 rings (SSSR count). The third kappa shape index (κ3) is 3.15. The van der Waals surface area contributed by atoms with Crippen molar-refractivity contribution in [1.82, 2.24) is 4.98 Å². The van der Waals surface area contributed by atoms with Crippen LogP contribution in [0.5, 0.6) is 0 Å². The highest BCUT2D eigenvalue weighted by molar-refractivity contribution is 5.92. The molecule has 0 saturated heterocycles. The molecule has 3 nitrogen and oxygen atoms in total. The molecule has 0 saturated carbocycles. The minimum absolute atomic E-state index is 0.00981. The molecule has 3 N–H and O–H groups in total. The van der Waals surface area contributed by atoms with Gasteiger partial charge >= 0.3 is 0 Å². The summed E-state index contributed by atoms with van der Waals surface area (Å²) in [6, 6.07) is 5.28. The molecule has 0 amide bonds. The molecular weight excluding hydrogens is 138 g/mol. The van der Waals surface area contributed by atoms with Crippen molar-refractivity contribution in [2.45, 2.75) is 0 Å². The van der Waals surface area contributed by atoms with Crippen LogP contribution in [0.4, 0.5) is 0 Å². The molecule has 0 aromatic carbocycles. The molecule has 11 heavy (non-hydrogen) atoms. The number of nitrogen functional groups attached to an aromatic ring is 1. The molecule has 0 fully saturated rings. The van der Waals surface area contributed by atoms with Crippen LogP contribution in [0.3, 0.4) is 0 Å². The Labute approximate surface area is 66.1 Å². The maximum atomic E-state index is 6.95. The summed E-state index contributed by atoms with van der Waals surface area (Å²) in [5.74, 6) is 0.00981. The number of rotatable bonds is 1. The lowest BCUT2D eigenvalue weighted by Gasteiger charge is -1.91. The summed E-state index contributed by atoms with van der Waals surface area (Å²) >= 11 is 0. The first-order chi connectivity index (χ1) is 5.30. The number of nitrogens with zero attached hydrogens (tertiary/aromatic N) is 1. The highest BCUT2D eigenvalue weighted by Gasteiger charge is 1.91. The van der Waals surface area contributed by atoms with E-state index in [9.17, 15) is 0 Å². The van der Waals surface area contributed by atoms with E-state index < -0.39 is 0 Å². The Kier molecular flexibility index (Phi) is 4.40. The number of amidine groups is 1. The van der Waals surface area contributed by atoms with E-state index in [2.05, 4.69) is 18.1 Å². The monoisotopic (exact) mass is 149 g/mol. The smallest absolute Gasteiger partial charge is 0.141 e. The molecule has 1 heterocycles. The van der Waals surface area contributed by atoms with Crippen molar-refractivity contribution >= 4 is 5.84 Å². The number of hydrogen-bond donors (Lipinski definition) is 2. The van der Waals surface area contributed by atoms with Crippen LogP contribution in [0, 0.1) is 5.41 Å². The summed E-state index contributed by atoms with van der Waals surface area (Å²) in [7, 11) is 0. The van der Waals surface area contributed by atoms with Crippen molar-refractivity contribution in [3.05, 3.63) is 43.2 Å². The average molecular weight is 149 g/mol. The molecule has 3 heteroatoms. The summed E-state index contributed by atoms with van der Waals surface area (Å²) in [5, 5.41) is 6.95. The second kappa shape index (κ2) is 5.17. The van der Waals surface area contributed by atoms with Gasteiger partial charge in [0.25, 0.3) is 0 Å². The summed E-state index contributed by atoms with van der Waals surface area (Å²) in [6.07, 6.45) is 1.61.